The van der Waals surface area contributed by atoms with Crippen LogP contribution in [-0.2, 0) is 14.3 Å². The summed E-state index contributed by atoms with van der Waals surface area (Å²) in [5, 5.41) is 5.66. The van der Waals surface area contributed by atoms with E-state index in [1.165, 1.54) is 24.3 Å². The van der Waals surface area contributed by atoms with Crippen molar-refractivity contribution in [3.63, 3.8) is 0 Å². The molecular weight excluding hydrogens is 458 g/mol. The number of anilines is 2. The number of halogens is 1. The number of ether oxygens (including phenoxy) is 1. The number of rotatable bonds is 7. The molecule has 1 fully saturated rings. The van der Waals surface area contributed by atoms with Gasteiger partial charge in [-0.15, -0.1) is 0 Å². The van der Waals surface area contributed by atoms with Crippen LogP contribution in [-0.4, -0.2) is 36.3 Å². The molecule has 0 radical (unpaired) electrons. The predicted octanol–water partition coefficient (Wildman–Crippen LogP) is 3.97. The number of hydrogen-bond donors (Lipinski definition) is 2. The Morgan fingerprint density at radius 2 is 1.59 bits per heavy atom. The molecule has 8 nitrogen and oxygen atoms in total. The minimum Gasteiger partial charge on any atom is -0.462 e. The number of carbonyl (C=O) groups is 4. The van der Waals surface area contributed by atoms with Gasteiger partial charge in [0.25, 0.3) is 17.7 Å². The van der Waals surface area contributed by atoms with Gasteiger partial charge in [0, 0.05) is 17.3 Å². The van der Waals surface area contributed by atoms with Crippen molar-refractivity contribution in [3.05, 3.63) is 70.4 Å². The Hall–Kier alpha value is -3.65. The van der Waals surface area contributed by atoms with Crippen LogP contribution in [0.25, 0.3) is 0 Å². The van der Waals surface area contributed by atoms with E-state index in [0.717, 1.165) is 30.6 Å². The lowest BCUT2D eigenvalue weighted by atomic mass is 10.1. The minimum absolute atomic E-state index is 0.0655. The van der Waals surface area contributed by atoms with Crippen molar-refractivity contribution >= 4 is 46.7 Å². The van der Waals surface area contributed by atoms with Crippen LogP contribution in [0.4, 0.5) is 11.4 Å². The SMILES string of the molecule is CCOC(=O)c1ccc(N2C(=O)C(Cl)=C(Nc3ccc(C(=O)NC4CCCC4)cc3)C2=O)cc1. The maximum atomic E-state index is 13.0. The second-order valence-electron chi connectivity index (χ2n) is 8.06. The second kappa shape index (κ2) is 10.1. The zero-order chi connectivity index (χ0) is 24.2. The van der Waals surface area contributed by atoms with Gasteiger partial charge in [0.2, 0.25) is 0 Å². The third-order valence-corrected chi connectivity index (χ3v) is 6.12. The van der Waals surface area contributed by atoms with E-state index in [1.807, 2.05) is 0 Å². The third-order valence-electron chi connectivity index (χ3n) is 5.77. The first kappa shape index (κ1) is 23.5. The summed E-state index contributed by atoms with van der Waals surface area (Å²) in [6.45, 7) is 1.94. The van der Waals surface area contributed by atoms with Crippen LogP contribution in [0, 0.1) is 0 Å². The molecule has 0 unspecified atom stereocenters. The molecule has 1 saturated carbocycles. The molecule has 0 saturated heterocycles. The van der Waals surface area contributed by atoms with Gasteiger partial charge < -0.3 is 15.4 Å². The Balaban J connectivity index is 1.44. The van der Waals surface area contributed by atoms with Gasteiger partial charge in [-0.25, -0.2) is 9.69 Å². The number of hydrogen-bond acceptors (Lipinski definition) is 6. The third kappa shape index (κ3) is 4.82. The highest BCUT2D eigenvalue weighted by Gasteiger charge is 2.39. The van der Waals surface area contributed by atoms with Gasteiger partial charge in [0.05, 0.1) is 17.9 Å². The van der Waals surface area contributed by atoms with E-state index in [4.69, 9.17) is 16.3 Å². The van der Waals surface area contributed by atoms with Gasteiger partial charge >= 0.3 is 5.97 Å². The highest BCUT2D eigenvalue weighted by molar-refractivity contribution is 6.53. The number of nitrogens with zero attached hydrogens (tertiary/aromatic N) is 1. The summed E-state index contributed by atoms with van der Waals surface area (Å²) in [5.74, 6) is -1.93. The first-order valence-electron chi connectivity index (χ1n) is 11.1. The van der Waals surface area contributed by atoms with E-state index in [-0.39, 0.29) is 35.0 Å². The van der Waals surface area contributed by atoms with Crippen molar-refractivity contribution in [2.75, 3.05) is 16.8 Å². The van der Waals surface area contributed by atoms with E-state index in [2.05, 4.69) is 10.6 Å². The van der Waals surface area contributed by atoms with Crippen molar-refractivity contribution in [1.82, 2.24) is 5.32 Å². The molecule has 9 heteroatoms. The number of carbonyl (C=O) groups excluding carboxylic acids is 4. The Labute approximate surface area is 201 Å². The lowest BCUT2D eigenvalue weighted by Crippen LogP contribution is -2.32. The molecule has 0 aromatic heterocycles. The average Bonchev–Trinajstić information content (AvgIpc) is 3.42. The van der Waals surface area contributed by atoms with E-state index >= 15 is 0 Å². The largest absolute Gasteiger partial charge is 0.462 e. The molecule has 4 rings (SSSR count). The molecule has 1 heterocycles. The summed E-state index contributed by atoms with van der Waals surface area (Å²) in [6, 6.07) is 12.7. The zero-order valence-corrected chi connectivity index (χ0v) is 19.4. The van der Waals surface area contributed by atoms with E-state index in [1.54, 1.807) is 31.2 Å². The van der Waals surface area contributed by atoms with Crippen LogP contribution in [0.5, 0.6) is 0 Å². The quantitative estimate of drug-likeness (QED) is 0.458. The van der Waals surface area contributed by atoms with E-state index in [9.17, 15) is 19.2 Å². The Kier molecular flexibility index (Phi) is 6.98. The van der Waals surface area contributed by atoms with Crippen LogP contribution in [0.1, 0.15) is 53.3 Å². The normalized spacial score (nSPS) is 16.2. The number of benzene rings is 2. The van der Waals surface area contributed by atoms with Gasteiger partial charge in [0.15, 0.2) is 0 Å². The molecule has 34 heavy (non-hydrogen) atoms. The number of esters is 1. The van der Waals surface area contributed by atoms with Gasteiger partial charge in [-0.3, -0.25) is 14.4 Å². The number of imide groups is 1. The van der Waals surface area contributed by atoms with Gasteiger partial charge in [-0.05, 0) is 68.3 Å². The van der Waals surface area contributed by atoms with Crippen LogP contribution < -0.4 is 15.5 Å². The molecule has 2 aliphatic rings. The van der Waals surface area contributed by atoms with Crippen molar-refractivity contribution < 1.29 is 23.9 Å². The van der Waals surface area contributed by atoms with Crippen LogP contribution in [0.15, 0.2) is 59.3 Å². The van der Waals surface area contributed by atoms with Gasteiger partial charge in [-0.2, -0.15) is 0 Å². The molecule has 2 aromatic rings. The first-order chi connectivity index (χ1) is 16.4. The van der Waals surface area contributed by atoms with Gasteiger partial charge in [-0.1, -0.05) is 24.4 Å². The molecule has 1 aliphatic heterocycles. The zero-order valence-electron chi connectivity index (χ0n) is 18.6. The molecule has 176 valence electrons. The van der Waals surface area contributed by atoms with Gasteiger partial charge in [0.1, 0.15) is 10.7 Å². The molecular formula is C25H24ClN3O5. The highest BCUT2D eigenvalue weighted by atomic mass is 35.5. The second-order valence-corrected chi connectivity index (χ2v) is 8.44. The number of amides is 3. The summed E-state index contributed by atoms with van der Waals surface area (Å²) in [6.07, 6.45) is 4.25. The smallest absolute Gasteiger partial charge is 0.338 e. The fraction of sp³-hybridized carbons (Fsp3) is 0.280. The molecule has 0 spiro atoms. The van der Waals surface area contributed by atoms with Crippen molar-refractivity contribution in [2.45, 2.75) is 38.6 Å². The molecule has 2 N–H and O–H groups in total. The first-order valence-corrected chi connectivity index (χ1v) is 11.5. The molecule has 0 bridgehead atoms. The summed E-state index contributed by atoms with van der Waals surface area (Å²) in [5.41, 5.74) is 1.53. The van der Waals surface area contributed by atoms with E-state index < -0.39 is 17.8 Å². The van der Waals surface area contributed by atoms with Crippen molar-refractivity contribution in [3.8, 4) is 0 Å². The summed E-state index contributed by atoms with van der Waals surface area (Å²) in [7, 11) is 0. The van der Waals surface area contributed by atoms with Crippen LogP contribution >= 0.6 is 11.6 Å². The molecule has 3 amide bonds. The summed E-state index contributed by atoms with van der Waals surface area (Å²) in [4.78, 5) is 50.8. The fourth-order valence-electron chi connectivity index (χ4n) is 4.00. The maximum Gasteiger partial charge on any atom is 0.338 e. The van der Waals surface area contributed by atoms with Crippen molar-refractivity contribution in [2.24, 2.45) is 0 Å². The topological polar surface area (TPSA) is 105 Å². The van der Waals surface area contributed by atoms with Crippen molar-refractivity contribution in [1.29, 1.82) is 0 Å². The monoisotopic (exact) mass is 481 g/mol. The molecule has 2 aromatic carbocycles. The molecule has 0 atom stereocenters. The lowest BCUT2D eigenvalue weighted by molar-refractivity contribution is -0.120. The highest BCUT2D eigenvalue weighted by Crippen LogP contribution is 2.30. The Morgan fingerprint density at radius 3 is 2.21 bits per heavy atom. The predicted molar refractivity (Wildman–Crippen MR) is 128 cm³/mol. The van der Waals surface area contributed by atoms with Crippen LogP contribution in [0.3, 0.4) is 0 Å². The molecule has 1 aliphatic carbocycles. The Bertz CT molecular complexity index is 1150. The number of nitrogens with one attached hydrogen (secondary N) is 2. The summed E-state index contributed by atoms with van der Waals surface area (Å²) < 4.78 is 4.94. The fourth-order valence-corrected chi connectivity index (χ4v) is 4.21. The van der Waals surface area contributed by atoms with E-state index in [0.29, 0.717) is 16.8 Å². The maximum absolute atomic E-state index is 13.0. The minimum atomic E-state index is -0.675. The summed E-state index contributed by atoms with van der Waals surface area (Å²) >= 11 is 6.18. The standard InChI is InChI=1S/C25H24ClN3O5/c1-2-34-25(33)16-9-13-19(14-10-16)29-23(31)20(26)21(24(29)32)27-18-11-7-15(8-12-18)22(30)28-17-5-3-4-6-17/h7-14,17,27H,2-6H2,1H3,(H,28,30). The average molecular weight is 482 g/mol. The Morgan fingerprint density at radius 1 is 0.971 bits per heavy atom. The lowest BCUT2D eigenvalue weighted by Gasteiger charge is -2.15. The van der Waals surface area contributed by atoms with Crippen LogP contribution in [0.2, 0.25) is 0 Å².